The Balaban J connectivity index is 1.18. The Morgan fingerprint density at radius 3 is 1.60 bits per heavy atom. The van der Waals surface area contributed by atoms with Crippen molar-refractivity contribution in [1.29, 1.82) is 0 Å². The maximum absolute atomic E-state index is 5.20. The fraction of sp³-hybridized carbons (Fsp3) is 0.0435. The lowest BCUT2D eigenvalue weighted by atomic mass is 9.92. The third-order valence-electron chi connectivity index (χ3n) is 9.48. The van der Waals surface area contributed by atoms with E-state index in [1.54, 1.807) is 0 Å². The lowest BCUT2D eigenvalue weighted by molar-refractivity contribution is 1.03. The second-order valence-corrected chi connectivity index (χ2v) is 12.5. The molecule has 7 aromatic carbocycles. The van der Waals surface area contributed by atoms with E-state index < -0.39 is 0 Å². The Morgan fingerprint density at radius 2 is 0.896 bits per heavy atom. The van der Waals surface area contributed by atoms with Crippen molar-refractivity contribution >= 4 is 37.9 Å². The topological polar surface area (TPSA) is 25.8 Å². The first-order valence-corrected chi connectivity index (χ1v) is 16.6. The molecule has 226 valence electrons. The van der Waals surface area contributed by atoms with Gasteiger partial charge in [0.15, 0.2) is 5.82 Å². The van der Waals surface area contributed by atoms with E-state index >= 15 is 0 Å². The van der Waals surface area contributed by atoms with Gasteiger partial charge in [0.05, 0.1) is 11.4 Å². The van der Waals surface area contributed by atoms with Gasteiger partial charge in [-0.25, -0.2) is 9.97 Å². The van der Waals surface area contributed by atoms with Crippen LogP contribution in [0.15, 0.2) is 170 Å². The third-order valence-corrected chi connectivity index (χ3v) is 9.48. The van der Waals surface area contributed by atoms with Crippen molar-refractivity contribution in [3.63, 3.8) is 0 Å². The van der Waals surface area contributed by atoms with Gasteiger partial charge in [0.1, 0.15) is 0 Å². The summed E-state index contributed by atoms with van der Waals surface area (Å²) in [5.41, 5.74) is 9.77. The fourth-order valence-electron chi connectivity index (χ4n) is 7.09. The summed E-state index contributed by atoms with van der Waals surface area (Å²) in [6.07, 6.45) is 8.80. The lowest BCUT2D eigenvalue weighted by Gasteiger charge is -2.14. The summed E-state index contributed by atoms with van der Waals surface area (Å²) in [4.78, 5) is 10.4. The van der Waals surface area contributed by atoms with Crippen molar-refractivity contribution in [2.24, 2.45) is 0 Å². The number of allylic oxidation sites excluding steroid dienone is 4. The van der Waals surface area contributed by atoms with Crippen LogP contribution in [0.25, 0.3) is 82.8 Å². The fourth-order valence-corrected chi connectivity index (χ4v) is 7.09. The standard InChI is InChI=1S/C46H32N2/c1-3-13-31(14-4-1)33-17-11-19-36(27-33)45-30-44(32-15-5-2-6-16-32)47-46(48-45)37-20-12-18-34(28-37)35-25-26-42-40-23-8-7-21-38(40)39-22-9-10-24-41(39)43(42)29-35/h1,3-5,7-30H,2,6H2. The van der Waals surface area contributed by atoms with E-state index in [1.807, 2.05) is 0 Å². The number of hydrogen-bond acceptors (Lipinski definition) is 2. The summed E-state index contributed by atoms with van der Waals surface area (Å²) < 4.78 is 0. The lowest BCUT2D eigenvalue weighted by Crippen LogP contribution is -1.99. The van der Waals surface area contributed by atoms with Gasteiger partial charge in [-0.2, -0.15) is 0 Å². The van der Waals surface area contributed by atoms with Crippen LogP contribution >= 0.6 is 0 Å². The molecule has 0 unspecified atom stereocenters. The quantitative estimate of drug-likeness (QED) is 0.181. The normalized spacial score (nSPS) is 12.9. The van der Waals surface area contributed by atoms with E-state index in [0.29, 0.717) is 0 Å². The highest BCUT2D eigenvalue weighted by atomic mass is 14.9. The average molecular weight is 613 g/mol. The minimum atomic E-state index is 0.728. The maximum Gasteiger partial charge on any atom is 0.160 e. The summed E-state index contributed by atoms with van der Waals surface area (Å²) in [5.74, 6) is 0.728. The van der Waals surface area contributed by atoms with Gasteiger partial charge < -0.3 is 0 Å². The molecule has 1 aliphatic carbocycles. The summed E-state index contributed by atoms with van der Waals surface area (Å²) in [6.45, 7) is 0. The molecule has 2 nitrogen and oxygen atoms in total. The van der Waals surface area contributed by atoms with Crippen LogP contribution < -0.4 is 0 Å². The second kappa shape index (κ2) is 11.9. The number of benzene rings is 7. The van der Waals surface area contributed by atoms with Crippen LogP contribution in [0.2, 0.25) is 0 Å². The molecular formula is C46H32N2. The monoisotopic (exact) mass is 612 g/mol. The molecule has 9 rings (SSSR count). The van der Waals surface area contributed by atoms with Gasteiger partial charge in [-0.1, -0.05) is 146 Å². The van der Waals surface area contributed by atoms with Gasteiger partial charge >= 0.3 is 0 Å². The third kappa shape index (κ3) is 5.09. The predicted molar refractivity (Wildman–Crippen MR) is 203 cm³/mol. The van der Waals surface area contributed by atoms with E-state index in [0.717, 1.165) is 52.3 Å². The molecule has 0 radical (unpaired) electrons. The zero-order valence-electron chi connectivity index (χ0n) is 26.5. The molecule has 1 aromatic heterocycles. The highest BCUT2D eigenvalue weighted by molar-refractivity contribution is 6.25. The Kier molecular flexibility index (Phi) is 6.98. The molecule has 0 fully saturated rings. The number of nitrogens with zero attached hydrogens (tertiary/aromatic N) is 2. The van der Waals surface area contributed by atoms with E-state index in [1.165, 1.54) is 49.0 Å². The van der Waals surface area contributed by atoms with Gasteiger partial charge in [-0.05, 0) is 97.3 Å². The minimum Gasteiger partial charge on any atom is -0.228 e. The van der Waals surface area contributed by atoms with E-state index in [4.69, 9.17) is 9.97 Å². The molecule has 0 aliphatic heterocycles. The molecule has 2 heteroatoms. The molecule has 48 heavy (non-hydrogen) atoms. The van der Waals surface area contributed by atoms with Crippen LogP contribution in [0.1, 0.15) is 18.5 Å². The molecular weight excluding hydrogens is 581 g/mol. The number of fused-ring (bicyclic) bond motifs is 6. The van der Waals surface area contributed by atoms with Crippen molar-refractivity contribution in [3.05, 3.63) is 176 Å². The first kappa shape index (κ1) is 28.1. The number of aromatic nitrogens is 2. The van der Waals surface area contributed by atoms with Crippen LogP contribution in [-0.4, -0.2) is 9.97 Å². The van der Waals surface area contributed by atoms with Crippen LogP contribution in [0.4, 0.5) is 0 Å². The molecule has 1 heterocycles. The van der Waals surface area contributed by atoms with Crippen molar-refractivity contribution in [2.45, 2.75) is 12.8 Å². The van der Waals surface area contributed by atoms with Crippen molar-refractivity contribution in [2.75, 3.05) is 0 Å². The molecule has 0 spiro atoms. The minimum absolute atomic E-state index is 0.728. The summed E-state index contributed by atoms with van der Waals surface area (Å²) in [5, 5.41) is 7.67. The Hall–Kier alpha value is -6.12. The van der Waals surface area contributed by atoms with E-state index in [2.05, 4.69) is 170 Å². The van der Waals surface area contributed by atoms with Gasteiger partial charge in [-0.3, -0.25) is 0 Å². The van der Waals surface area contributed by atoms with E-state index in [9.17, 15) is 0 Å². The highest BCUT2D eigenvalue weighted by Gasteiger charge is 2.14. The molecule has 0 atom stereocenters. The predicted octanol–water partition coefficient (Wildman–Crippen LogP) is 12.3. The molecule has 8 aromatic rings. The summed E-state index contributed by atoms with van der Waals surface area (Å²) in [6, 6.07) is 54.3. The molecule has 0 saturated heterocycles. The largest absolute Gasteiger partial charge is 0.228 e. The molecule has 0 amide bonds. The molecule has 0 bridgehead atoms. The smallest absolute Gasteiger partial charge is 0.160 e. The maximum atomic E-state index is 5.20. The Bertz CT molecular complexity index is 2520. The zero-order valence-corrected chi connectivity index (χ0v) is 26.5. The van der Waals surface area contributed by atoms with Gasteiger partial charge in [-0.15, -0.1) is 0 Å². The number of rotatable bonds is 5. The van der Waals surface area contributed by atoms with Crippen LogP contribution in [0, 0.1) is 0 Å². The first-order valence-electron chi connectivity index (χ1n) is 16.6. The Labute approximate surface area is 280 Å². The number of hydrogen-bond donors (Lipinski definition) is 0. The molecule has 0 N–H and O–H groups in total. The van der Waals surface area contributed by atoms with Gasteiger partial charge in [0.2, 0.25) is 0 Å². The van der Waals surface area contributed by atoms with Crippen molar-refractivity contribution in [1.82, 2.24) is 9.97 Å². The van der Waals surface area contributed by atoms with Gasteiger partial charge in [0, 0.05) is 11.1 Å². The van der Waals surface area contributed by atoms with Crippen molar-refractivity contribution in [3.8, 4) is 44.9 Å². The van der Waals surface area contributed by atoms with Crippen LogP contribution in [0.5, 0.6) is 0 Å². The highest BCUT2D eigenvalue weighted by Crippen LogP contribution is 2.38. The van der Waals surface area contributed by atoms with Crippen LogP contribution in [-0.2, 0) is 0 Å². The zero-order chi connectivity index (χ0) is 31.9. The first-order chi connectivity index (χ1) is 23.8. The summed E-state index contributed by atoms with van der Waals surface area (Å²) >= 11 is 0. The van der Waals surface area contributed by atoms with Crippen molar-refractivity contribution < 1.29 is 0 Å². The molecule has 1 aliphatic rings. The van der Waals surface area contributed by atoms with E-state index in [-0.39, 0.29) is 0 Å². The molecule has 0 saturated carbocycles. The SMILES string of the molecule is C1=CC(c2cc(-c3cccc(-c4ccccc4)c3)nc(-c3cccc(-c4ccc5c6ccccc6c6ccccc6c5c4)c3)n2)=CCC1. The summed E-state index contributed by atoms with van der Waals surface area (Å²) in [7, 11) is 0. The van der Waals surface area contributed by atoms with Crippen LogP contribution in [0.3, 0.4) is 0 Å². The Morgan fingerprint density at radius 1 is 0.354 bits per heavy atom. The van der Waals surface area contributed by atoms with Gasteiger partial charge in [0.25, 0.3) is 0 Å². The average Bonchev–Trinajstić information content (AvgIpc) is 3.18. The second-order valence-electron chi connectivity index (χ2n) is 12.5.